The molecule has 1 aromatic rings. The number of aromatic carboxylic acids is 1. The number of nitrogens with one attached hydrogen (secondary N) is 1. The van der Waals surface area contributed by atoms with Gasteiger partial charge in [-0.15, -0.1) is 11.8 Å². The maximum Gasteiger partial charge on any atom is 0.355 e. The summed E-state index contributed by atoms with van der Waals surface area (Å²) in [5.74, 6) is -0.848. The highest BCUT2D eigenvalue weighted by atomic mass is 32.2. The molecule has 0 spiro atoms. The molecule has 4 nitrogen and oxygen atoms in total. The number of thioether (sulfide) groups is 1. The highest BCUT2D eigenvalue weighted by molar-refractivity contribution is 7.99. The van der Waals surface area contributed by atoms with Gasteiger partial charge in [-0.1, -0.05) is 0 Å². The maximum atomic E-state index is 11.7. The van der Waals surface area contributed by atoms with Crippen molar-refractivity contribution in [2.75, 3.05) is 12.4 Å². The molecule has 0 aromatic carbocycles. The minimum absolute atomic E-state index is 0.0217. The van der Waals surface area contributed by atoms with Crippen molar-refractivity contribution in [2.24, 2.45) is 0 Å². The van der Waals surface area contributed by atoms with Gasteiger partial charge in [-0.05, 0) is 0 Å². The van der Waals surface area contributed by atoms with Gasteiger partial charge in [0.2, 0.25) is 0 Å². The van der Waals surface area contributed by atoms with E-state index in [0.717, 1.165) is 11.8 Å². The lowest BCUT2D eigenvalue weighted by Gasteiger charge is -1.94. The molecule has 1 aromatic heterocycles. The Bertz CT molecular complexity index is 276. The first-order chi connectivity index (χ1) is 5.75. The molecular weight excluding hydrogens is 183 g/mol. The van der Waals surface area contributed by atoms with Crippen molar-refractivity contribution >= 4 is 17.7 Å². The van der Waals surface area contributed by atoms with E-state index in [0.29, 0.717) is 5.03 Å². The van der Waals surface area contributed by atoms with Crippen molar-refractivity contribution in [1.82, 2.24) is 9.97 Å². The van der Waals surface area contributed by atoms with Crippen LogP contribution in [0.5, 0.6) is 0 Å². The number of rotatable bonds is 4. The fourth-order valence-electron chi connectivity index (χ4n) is 0.680. The number of hydrogen-bond donors (Lipinski definition) is 2. The van der Waals surface area contributed by atoms with Gasteiger partial charge in [0.05, 0.1) is 13.0 Å². The predicted molar refractivity (Wildman–Crippen MR) is 42.2 cm³/mol. The van der Waals surface area contributed by atoms with E-state index in [4.69, 9.17) is 5.11 Å². The molecule has 0 bridgehead atoms. The summed E-state index contributed by atoms with van der Waals surface area (Å²) in [5, 5.41) is 8.91. The Hall–Kier alpha value is -1.04. The third-order valence-electron chi connectivity index (χ3n) is 1.13. The van der Waals surface area contributed by atoms with Crippen molar-refractivity contribution in [3.8, 4) is 0 Å². The first-order valence-electron chi connectivity index (χ1n) is 3.21. The number of aromatic nitrogens is 2. The number of carboxylic acid groups (broad SMARTS) is 1. The van der Waals surface area contributed by atoms with Crippen LogP contribution in [0.1, 0.15) is 10.5 Å². The number of H-pyrrole nitrogens is 1. The zero-order valence-corrected chi connectivity index (χ0v) is 6.90. The molecule has 2 N–H and O–H groups in total. The van der Waals surface area contributed by atoms with E-state index in [1.165, 1.54) is 6.33 Å². The zero-order chi connectivity index (χ0) is 8.97. The van der Waals surface area contributed by atoms with Gasteiger partial charge in [-0.25, -0.2) is 9.78 Å². The molecule has 0 fully saturated rings. The molecule has 0 unspecified atom stereocenters. The molecular formula is C6H7FN2O2S. The molecule has 0 amide bonds. The summed E-state index contributed by atoms with van der Waals surface area (Å²) in [7, 11) is 0. The smallest absolute Gasteiger partial charge is 0.355 e. The second-order valence-electron chi connectivity index (χ2n) is 1.93. The molecule has 0 aliphatic carbocycles. The summed E-state index contributed by atoms with van der Waals surface area (Å²) in [5.41, 5.74) is 0.0217. The summed E-state index contributed by atoms with van der Waals surface area (Å²) < 4.78 is 11.7. The number of imidazole rings is 1. The fourth-order valence-corrected chi connectivity index (χ4v) is 1.37. The normalized spacial score (nSPS) is 10.1. The lowest BCUT2D eigenvalue weighted by atomic mass is 10.5. The van der Waals surface area contributed by atoms with Crippen molar-refractivity contribution < 1.29 is 14.3 Å². The van der Waals surface area contributed by atoms with Crippen LogP contribution in [0.4, 0.5) is 4.39 Å². The van der Waals surface area contributed by atoms with Crippen LogP contribution in [0.15, 0.2) is 11.4 Å². The van der Waals surface area contributed by atoms with Crippen LogP contribution in [0.3, 0.4) is 0 Å². The first kappa shape index (κ1) is 9.05. The maximum absolute atomic E-state index is 11.7. The van der Waals surface area contributed by atoms with Crippen LogP contribution in [0.2, 0.25) is 0 Å². The monoisotopic (exact) mass is 190 g/mol. The molecule has 0 radical (unpaired) electrons. The lowest BCUT2D eigenvalue weighted by Crippen LogP contribution is -1.98. The molecule has 6 heteroatoms. The Morgan fingerprint density at radius 3 is 3.17 bits per heavy atom. The minimum atomic E-state index is -1.08. The summed E-state index contributed by atoms with van der Waals surface area (Å²) in [6.45, 7) is -0.489. The van der Waals surface area contributed by atoms with Crippen LogP contribution in [-0.4, -0.2) is 33.5 Å². The zero-order valence-electron chi connectivity index (χ0n) is 6.08. The van der Waals surface area contributed by atoms with Crippen LogP contribution < -0.4 is 0 Å². The minimum Gasteiger partial charge on any atom is -0.476 e. The number of aromatic amines is 1. The molecule has 1 heterocycles. The van der Waals surface area contributed by atoms with E-state index in [9.17, 15) is 9.18 Å². The number of alkyl halides is 1. The van der Waals surface area contributed by atoms with Crippen LogP contribution in [0.25, 0.3) is 0 Å². The number of carbonyl (C=O) groups is 1. The highest BCUT2D eigenvalue weighted by Gasteiger charge is 2.12. The van der Waals surface area contributed by atoms with Crippen LogP contribution >= 0.6 is 11.8 Å². The third-order valence-corrected chi connectivity index (χ3v) is 2.08. The quantitative estimate of drug-likeness (QED) is 0.699. The molecule has 0 saturated heterocycles. The summed E-state index contributed by atoms with van der Waals surface area (Å²) >= 11 is 1.08. The van der Waals surface area contributed by atoms with Gasteiger partial charge < -0.3 is 10.1 Å². The van der Waals surface area contributed by atoms with Gasteiger partial charge in [0.25, 0.3) is 0 Å². The molecule has 0 aliphatic rings. The summed E-state index contributed by atoms with van der Waals surface area (Å²) in [6.07, 6.45) is 1.28. The predicted octanol–water partition coefficient (Wildman–Crippen LogP) is 1.17. The highest BCUT2D eigenvalue weighted by Crippen LogP contribution is 2.18. The molecule has 0 atom stereocenters. The summed E-state index contributed by atoms with van der Waals surface area (Å²) in [6, 6.07) is 0. The topological polar surface area (TPSA) is 66.0 Å². The van der Waals surface area contributed by atoms with Crippen LogP contribution in [-0.2, 0) is 0 Å². The van der Waals surface area contributed by atoms with E-state index in [1.807, 2.05) is 0 Å². The van der Waals surface area contributed by atoms with Gasteiger partial charge in [0.1, 0.15) is 5.03 Å². The largest absolute Gasteiger partial charge is 0.476 e. The molecule has 0 saturated carbocycles. The van der Waals surface area contributed by atoms with Crippen molar-refractivity contribution in [3.05, 3.63) is 12.0 Å². The second kappa shape index (κ2) is 4.10. The van der Waals surface area contributed by atoms with E-state index < -0.39 is 12.6 Å². The fraction of sp³-hybridized carbons (Fsp3) is 0.333. The van der Waals surface area contributed by atoms with Crippen molar-refractivity contribution in [1.29, 1.82) is 0 Å². The SMILES string of the molecule is O=C(O)c1[nH]cnc1SCCF. The van der Waals surface area contributed by atoms with E-state index in [2.05, 4.69) is 9.97 Å². The molecule has 0 aliphatic heterocycles. The van der Waals surface area contributed by atoms with E-state index >= 15 is 0 Å². The Labute approximate surface area is 72.2 Å². The number of halogens is 1. The average Bonchev–Trinajstić information content (AvgIpc) is 2.48. The lowest BCUT2D eigenvalue weighted by molar-refractivity contribution is 0.0687. The Morgan fingerprint density at radius 1 is 1.83 bits per heavy atom. The van der Waals surface area contributed by atoms with Gasteiger partial charge >= 0.3 is 5.97 Å². The van der Waals surface area contributed by atoms with Gasteiger partial charge in [-0.2, -0.15) is 0 Å². The van der Waals surface area contributed by atoms with Crippen molar-refractivity contribution in [3.63, 3.8) is 0 Å². The molecule has 1 rings (SSSR count). The Balaban J connectivity index is 2.70. The number of carboxylic acids is 1. The van der Waals surface area contributed by atoms with E-state index in [-0.39, 0.29) is 11.4 Å². The Morgan fingerprint density at radius 2 is 2.58 bits per heavy atom. The number of hydrogen-bond acceptors (Lipinski definition) is 3. The molecule has 66 valence electrons. The first-order valence-corrected chi connectivity index (χ1v) is 4.19. The van der Waals surface area contributed by atoms with Crippen molar-refractivity contribution in [2.45, 2.75) is 5.03 Å². The van der Waals surface area contributed by atoms with Gasteiger partial charge in [0, 0.05) is 5.75 Å². The number of nitrogens with zero attached hydrogens (tertiary/aromatic N) is 1. The average molecular weight is 190 g/mol. The van der Waals surface area contributed by atoms with Gasteiger partial charge in [0.15, 0.2) is 5.69 Å². The third kappa shape index (κ3) is 1.97. The van der Waals surface area contributed by atoms with Crippen LogP contribution in [0, 0.1) is 0 Å². The molecule has 12 heavy (non-hydrogen) atoms. The second-order valence-corrected chi connectivity index (χ2v) is 3.01. The van der Waals surface area contributed by atoms with E-state index in [1.54, 1.807) is 0 Å². The Kier molecular flexibility index (Phi) is 3.09. The van der Waals surface area contributed by atoms with Gasteiger partial charge in [-0.3, -0.25) is 4.39 Å². The summed E-state index contributed by atoms with van der Waals surface area (Å²) in [4.78, 5) is 16.7. The standard InChI is InChI=1S/C6H7FN2O2S/c7-1-2-12-5-4(6(10)11)8-3-9-5/h3H,1-2H2,(H,8,9)(H,10,11).